The highest BCUT2D eigenvalue weighted by Gasteiger charge is 2.44. The first kappa shape index (κ1) is 24.4. The monoisotopic (exact) mass is 499 g/mol. The Kier molecular flexibility index (Phi) is 7.13. The molecule has 3 N–H and O–H groups in total. The van der Waals surface area contributed by atoms with Crippen molar-refractivity contribution >= 4 is 29.3 Å². The van der Waals surface area contributed by atoms with Crippen LogP contribution in [0.25, 0.3) is 11.3 Å². The minimum absolute atomic E-state index is 0.0627. The lowest BCUT2D eigenvalue weighted by atomic mass is 10.0. The number of rotatable bonds is 6. The molecule has 0 saturated carbocycles. The number of carbonyl (C=O) groups is 3. The molecule has 35 heavy (non-hydrogen) atoms. The zero-order valence-corrected chi connectivity index (χ0v) is 19.6. The quantitative estimate of drug-likeness (QED) is 0.537. The Morgan fingerprint density at radius 1 is 1.14 bits per heavy atom. The van der Waals surface area contributed by atoms with Crippen LogP contribution < -0.4 is 11.1 Å². The van der Waals surface area contributed by atoms with Gasteiger partial charge in [0.25, 0.3) is 17.7 Å². The minimum atomic E-state index is -1.28. The number of hydrogen-bond acceptors (Lipinski definition) is 6. The van der Waals surface area contributed by atoms with Gasteiger partial charge in [0.15, 0.2) is 6.17 Å². The minimum Gasteiger partial charge on any atom is -0.360 e. The average molecular weight is 500 g/mol. The van der Waals surface area contributed by atoms with E-state index in [9.17, 15) is 18.8 Å². The highest BCUT2D eigenvalue weighted by Crippen LogP contribution is 2.33. The Balaban J connectivity index is 1.72. The molecule has 0 spiro atoms. The largest absolute Gasteiger partial charge is 0.360 e. The summed E-state index contributed by atoms with van der Waals surface area (Å²) >= 11 is 6.32. The molecule has 2 aromatic carbocycles. The lowest BCUT2D eigenvalue weighted by Crippen LogP contribution is -2.54. The molecule has 3 aromatic rings. The fourth-order valence-corrected chi connectivity index (χ4v) is 4.24. The number of halogens is 2. The van der Waals surface area contributed by atoms with Crippen molar-refractivity contribution in [2.75, 3.05) is 26.2 Å². The molecule has 1 aliphatic rings. The van der Waals surface area contributed by atoms with Gasteiger partial charge in [0.2, 0.25) is 0 Å². The Morgan fingerprint density at radius 3 is 2.54 bits per heavy atom. The summed E-state index contributed by atoms with van der Waals surface area (Å²) < 4.78 is 19.1. The summed E-state index contributed by atoms with van der Waals surface area (Å²) in [5, 5.41) is 7.03. The summed E-state index contributed by atoms with van der Waals surface area (Å²) in [5.74, 6) is -2.07. The number of hydrogen-bond donors (Lipinski definition) is 2. The van der Waals surface area contributed by atoms with Gasteiger partial charge in [-0.2, -0.15) is 0 Å². The molecule has 182 valence electrons. The van der Waals surface area contributed by atoms with Gasteiger partial charge in [-0.3, -0.25) is 14.4 Å². The van der Waals surface area contributed by atoms with Crippen LogP contribution in [0.1, 0.15) is 26.5 Å². The molecular formula is C24H23ClFN5O4. The van der Waals surface area contributed by atoms with E-state index in [1.165, 1.54) is 28.0 Å². The third kappa shape index (κ3) is 4.75. The van der Waals surface area contributed by atoms with E-state index in [1.54, 1.807) is 31.2 Å². The fourth-order valence-electron chi connectivity index (χ4n) is 4.02. The first-order valence-electron chi connectivity index (χ1n) is 10.9. The molecule has 2 heterocycles. The van der Waals surface area contributed by atoms with Crippen molar-refractivity contribution in [3.8, 4) is 11.3 Å². The van der Waals surface area contributed by atoms with Crippen LogP contribution in [-0.2, 0) is 4.79 Å². The third-order valence-corrected chi connectivity index (χ3v) is 5.98. The molecule has 1 fully saturated rings. The summed E-state index contributed by atoms with van der Waals surface area (Å²) in [5.41, 5.74) is 6.44. The molecule has 9 nitrogen and oxygen atoms in total. The molecule has 4 rings (SSSR count). The molecule has 1 aliphatic heterocycles. The summed E-state index contributed by atoms with van der Waals surface area (Å²) in [6.45, 7) is 2.03. The van der Waals surface area contributed by atoms with Crippen LogP contribution >= 0.6 is 11.6 Å². The highest BCUT2D eigenvalue weighted by molar-refractivity contribution is 6.33. The van der Waals surface area contributed by atoms with Crippen LogP contribution in [0.3, 0.4) is 0 Å². The van der Waals surface area contributed by atoms with Gasteiger partial charge in [-0.15, -0.1) is 0 Å². The maximum absolute atomic E-state index is 13.8. The van der Waals surface area contributed by atoms with E-state index in [-0.39, 0.29) is 48.8 Å². The van der Waals surface area contributed by atoms with E-state index < -0.39 is 29.7 Å². The van der Waals surface area contributed by atoms with Crippen LogP contribution in [0.4, 0.5) is 4.39 Å². The van der Waals surface area contributed by atoms with Crippen LogP contribution in [0, 0.1) is 12.7 Å². The zero-order valence-electron chi connectivity index (χ0n) is 18.8. The van der Waals surface area contributed by atoms with E-state index in [2.05, 4.69) is 10.5 Å². The molecule has 0 aliphatic carbocycles. The predicted octanol–water partition coefficient (Wildman–Crippen LogP) is 2.44. The van der Waals surface area contributed by atoms with Gasteiger partial charge in [0.05, 0.1) is 5.02 Å². The Hall–Kier alpha value is -3.76. The van der Waals surface area contributed by atoms with Gasteiger partial charge >= 0.3 is 0 Å². The first-order valence-corrected chi connectivity index (χ1v) is 11.3. The lowest BCUT2D eigenvalue weighted by Gasteiger charge is -2.29. The second-order valence-corrected chi connectivity index (χ2v) is 8.31. The number of carbonyl (C=O) groups excluding carboxylic acids is 3. The number of amides is 3. The fraction of sp³-hybridized carbons (Fsp3) is 0.250. The van der Waals surface area contributed by atoms with Crippen LogP contribution in [0.2, 0.25) is 5.02 Å². The van der Waals surface area contributed by atoms with Gasteiger partial charge < -0.3 is 25.4 Å². The number of nitrogens with two attached hydrogens (primary N) is 1. The number of aryl methyl sites for hydroxylation is 1. The molecule has 1 saturated heterocycles. The topological polar surface area (TPSA) is 122 Å². The van der Waals surface area contributed by atoms with Crippen molar-refractivity contribution in [2.45, 2.75) is 13.1 Å². The maximum Gasteiger partial charge on any atom is 0.263 e. The van der Waals surface area contributed by atoms with Crippen LogP contribution in [-0.4, -0.2) is 65.0 Å². The normalized spacial score (nSPS) is 15.4. The number of nitrogens with zero attached hydrogens (tertiary/aromatic N) is 3. The smallest absolute Gasteiger partial charge is 0.263 e. The molecule has 1 unspecified atom stereocenters. The summed E-state index contributed by atoms with van der Waals surface area (Å²) in [7, 11) is 0. The van der Waals surface area contributed by atoms with Gasteiger partial charge in [0, 0.05) is 37.3 Å². The summed E-state index contributed by atoms with van der Waals surface area (Å²) in [6.07, 6.45) is -1.28. The van der Waals surface area contributed by atoms with Crippen LogP contribution in [0.5, 0.6) is 0 Å². The van der Waals surface area contributed by atoms with E-state index in [0.717, 1.165) is 6.07 Å². The van der Waals surface area contributed by atoms with E-state index in [1.807, 2.05) is 0 Å². The molecule has 0 radical (unpaired) electrons. The van der Waals surface area contributed by atoms with Crippen LogP contribution in [0.15, 0.2) is 53.1 Å². The number of aromatic nitrogens is 1. The maximum atomic E-state index is 13.8. The molecule has 11 heteroatoms. The third-order valence-electron chi connectivity index (χ3n) is 5.65. The van der Waals surface area contributed by atoms with Gasteiger partial charge in [0.1, 0.15) is 22.8 Å². The highest BCUT2D eigenvalue weighted by atomic mass is 35.5. The molecule has 1 atom stereocenters. The number of benzene rings is 2. The van der Waals surface area contributed by atoms with Gasteiger partial charge in [-0.25, -0.2) is 4.39 Å². The van der Waals surface area contributed by atoms with Crippen molar-refractivity contribution in [2.24, 2.45) is 5.73 Å². The Bertz CT molecular complexity index is 1280. The number of nitrogens with one attached hydrogen (secondary N) is 1. The predicted molar refractivity (Wildman–Crippen MR) is 126 cm³/mol. The summed E-state index contributed by atoms with van der Waals surface area (Å²) in [6, 6.07) is 12.0. The van der Waals surface area contributed by atoms with Crippen molar-refractivity contribution in [3.63, 3.8) is 0 Å². The summed E-state index contributed by atoms with van der Waals surface area (Å²) in [4.78, 5) is 42.6. The van der Waals surface area contributed by atoms with Gasteiger partial charge in [-0.1, -0.05) is 41.0 Å². The van der Waals surface area contributed by atoms with E-state index in [0.29, 0.717) is 10.6 Å². The molecular weight excluding hydrogens is 477 g/mol. The Labute approximate surface area is 205 Å². The standard InChI is InChI=1S/C24H23ClFN5O4/c1-14-19(20(29-35-14)17-7-2-3-8-18(17)25)24(34)31-12-11-30(22(31)21(32)28-10-9-27)23(33)15-5-4-6-16(26)13-15/h2-8,13,22H,9-12,27H2,1H3,(H,28,32). The van der Waals surface area contributed by atoms with Crippen molar-refractivity contribution < 1.29 is 23.3 Å². The Morgan fingerprint density at radius 2 is 1.86 bits per heavy atom. The van der Waals surface area contributed by atoms with Crippen molar-refractivity contribution in [1.82, 2.24) is 20.3 Å². The second-order valence-electron chi connectivity index (χ2n) is 7.90. The lowest BCUT2D eigenvalue weighted by molar-refractivity contribution is -0.128. The van der Waals surface area contributed by atoms with Gasteiger partial charge in [-0.05, 0) is 31.2 Å². The first-order chi connectivity index (χ1) is 16.8. The molecule has 3 amide bonds. The SMILES string of the molecule is Cc1onc(-c2ccccc2Cl)c1C(=O)N1CCN(C(=O)c2cccc(F)c2)C1C(=O)NCCN. The molecule has 0 bridgehead atoms. The van der Waals surface area contributed by atoms with Crippen molar-refractivity contribution in [3.05, 3.63) is 76.3 Å². The second kappa shape index (κ2) is 10.2. The average Bonchev–Trinajstić information content (AvgIpc) is 3.46. The zero-order chi connectivity index (χ0) is 25.1. The van der Waals surface area contributed by atoms with Crippen molar-refractivity contribution in [1.29, 1.82) is 0 Å². The van der Waals surface area contributed by atoms with E-state index in [4.69, 9.17) is 21.9 Å². The van der Waals surface area contributed by atoms with E-state index >= 15 is 0 Å². The molecule has 1 aromatic heterocycles.